The lowest BCUT2D eigenvalue weighted by molar-refractivity contribution is 0.377. The standard InChI is InChI=1S/C12H17F2NO/c1-12(2,4-5-15)8-6-9(13)10(14)7-11(8)16-3/h6-7H,4-5,15H2,1-3H3. The predicted octanol–water partition coefficient (Wildman–Crippen LogP) is 2.60. The van der Waals surface area contributed by atoms with Crippen molar-refractivity contribution in [1.82, 2.24) is 0 Å². The van der Waals surface area contributed by atoms with Crippen LogP contribution < -0.4 is 10.5 Å². The van der Waals surface area contributed by atoms with Gasteiger partial charge in [0.25, 0.3) is 0 Å². The molecule has 0 aromatic heterocycles. The lowest BCUT2D eigenvalue weighted by Gasteiger charge is -2.26. The molecule has 1 aromatic rings. The molecule has 0 radical (unpaired) electrons. The van der Waals surface area contributed by atoms with Gasteiger partial charge in [-0.15, -0.1) is 0 Å². The topological polar surface area (TPSA) is 35.2 Å². The van der Waals surface area contributed by atoms with Crippen molar-refractivity contribution < 1.29 is 13.5 Å². The minimum absolute atomic E-state index is 0.339. The van der Waals surface area contributed by atoms with Crippen LogP contribution in [0, 0.1) is 11.6 Å². The molecular formula is C12H17F2NO. The second kappa shape index (κ2) is 4.78. The molecule has 0 unspecified atom stereocenters. The third-order valence-corrected chi connectivity index (χ3v) is 2.74. The van der Waals surface area contributed by atoms with Crippen molar-refractivity contribution in [3.05, 3.63) is 29.3 Å². The fraction of sp³-hybridized carbons (Fsp3) is 0.500. The maximum absolute atomic E-state index is 13.2. The van der Waals surface area contributed by atoms with E-state index in [-0.39, 0.29) is 5.41 Å². The van der Waals surface area contributed by atoms with E-state index in [4.69, 9.17) is 10.5 Å². The van der Waals surface area contributed by atoms with E-state index in [9.17, 15) is 8.78 Å². The Labute approximate surface area is 94.4 Å². The molecule has 0 bridgehead atoms. The van der Waals surface area contributed by atoms with E-state index < -0.39 is 11.6 Å². The van der Waals surface area contributed by atoms with E-state index in [1.807, 2.05) is 13.8 Å². The minimum atomic E-state index is -0.899. The second-order valence-corrected chi connectivity index (χ2v) is 4.39. The highest BCUT2D eigenvalue weighted by Crippen LogP contribution is 2.35. The van der Waals surface area contributed by atoms with E-state index >= 15 is 0 Å². The van der Waals surface area contributed by atoms with Crippen LogP contribution in [-0.2, 0) is 5.41 Å². The molecule has 1 aromatic carbocycles. The minimum Gasteiger partial charge on any atom is -0.496 e. The lowest BCUT2D eigenvalue weighted by atomic mass is 9.81. The number of nitrogens with two attached hydrogens (primary N) is 1. The van der Waals surface area contributed by atoms with Crippen molar-refractivity contribution in [3.8, 4) is 5.75 Å². The molecule has 0 aliphatic rings. The van der Waals surface area contributed by atoms with Crippen molar-refractivity contribution in [1.29, 1.82) is 0 Å². The smallest absolute Gasteiger partial charge is 0.162 e. The zero-order valence-electron chi connectivity index (χ0n) is 9.81. The Morgan fingerprint density at radius 3 is 2.31 bits per heavy atom. The van der Waals surface area contributed by atoms with Crippen LogP contribution in [0.3, 0.4) is 0 Å². The van der Waals surface area contributed by atoms with E-state index in [0.29, 0.717) is 24.3 Å². The summed E-state index contributed by atoms with van der Waals surface area (Å²) in [6.07, 6.45) is 0.675. The first-order valence-corrected chi connectivity index (χ1v) is 5.16. The average Bonchev–Trinajstić information content (AvgIpc) is 2.21. The first kappa shape index (κ1) is 12.9. The van der Waals surface area contributed by atoms with Gasteiger partial charge in [0.05, 0.1) is 7.11 Å². The number of ether oxygens (including phenoxy) is 1. The van der Waals surface area contributed by atoms with Crippen molar-refractivity contribution in [2.24, 2.45) is 5.73 Å². The largest absolute Gasteiger partial charge is 0.496 e. The molecule has 0 fully saturated rings. The van der Waals surface area contributed by atoms with Crippen molar-refractivity contribution in [3.63, 3.8) is 0 Å². The molecule has 2 nitrogen and oxygen atoms in total. The number of hydrogen-bond donors (Lipinski definition) is 1. The van der Waals surface area contributed by atoms with Crippen LogP contribution in [0.4, 0.5) is 8.78 Å². The molecule has 0 saturated heterocycles. The van der Waals surface area contributed by atoms with Gasteiger partial charge in [-0.05, 0) is 24.4 Å². The molecule has 0 spiro atoms. The van der Waals surface area contributed by atoms with Crippen molar-refractivity contribution in [2.45, 2.75) is 25.7 Å². The van der Waals surface area contributed by atoms with Crippen LogP contribution in [0.2, 0.25) is 0 Å². The SMILES string of the molecule is COc1cc(F)c(F)cc1C(C)(C)CCN. The Balaban J connectivity index is 3.26. The summed E-state index contributed by atoms with van der Waals surface area (Å²) in [5, 5.41) is 0. The third kappa shape index (κ3) is 2.50. The summed E-state index contributed by atoms with van der Waals surface area (Å²) in [4.78, 5) is 0. The van der Waals surface area contributed by atoms with Crippen LogP contribution >= 0.6 is 0 Å². The van der Waals surface area contributed by atoms with Gasteiger partial charge in [0.1, 0.15) is 5.75 Å². The number of methoxy groups -OCH3 is 1. The Kier molecular flexibility index (Phi) is 3.86. The normalized spacial score (nSPS) is 11.6. The fourth-order valence-corrected chi connectivity index (χ4v) is 1.72. The molecular weight excluding hydrogens is 212 g/mol. The molecule has 4 heteroatoms. The van der Waals surface area contributed by atoms with Crippen LogP contribution in [0.1, 0.15) is 25.8 Å². The molecule has 2 N–H and O–H groups in total. The first-order chi connectivity index (χ1) is 7.42. The Morgan fingerprint density at radius 2 is 1.81 bits per heavy atom. The predicted molar refractivity (Wildman–Crippen MR) is 59.6 cm³/mol. The molecule has 0 saturated carbocycles. The molecule has 90 valence electrons. The van der Waals surface area contributed by atoms with E-state index in [1.54, 1.807) is 0 Å². The van der Waals surface area contributed by atoms with Gasteiger partial charge >= 0.3 is 0 Å². The van der Waals surface area contributed by atoms with Crippen LogP contribution in [0.15, 0.2) is 12.1 Å². The maximum atomic E-state index is 13.2. The zero-order valence-corrected chi connectivity index (χ0v) is 9.81. The fourth-order valence-electron chi connectivity index (χ4n) is 1.72. The van der Waals surface area contributed by atoms with Crippen molar-refractivity contribution >= 4 is 0 Å². The maximum Gasteiger partial charge on any atom is 0.162 e. The van der Waals surface area contributed by atoms with E-state index in [1.165, 1.54) is 13.2 Å². The summed E-state index contributed by atoms with van der Waals surface area (Å²) in [6.45, 7) is 4.33. The summed E-state index contributed by atoms with van der Waals surface area (Å²) in [6, 6.07) is 2.26. The molecule has 0 atom stereocenters. The van der Waals surface area contributed by atoms with Gasteiger partial charge in [-0.2, -0.15) is 0 Å². The Morgan fingerprint density at radius 1 is 1.25 bits per heavy atom. The van der Waals surface area contributed by atoms with Crippen LogP contribution in [-0.4, -0.2) is 13.7 Å². The van der Waals surface area contributed by atoms with Gasteiger partial charge < -0.3 is 10.5 Å². The second-order valence-electron chi connectivity index (χ2n) is 4.39. The number of benzene rings is 1. The van der Waals surface area contributed by atoms with E-state index in [0.717, 1.165) is 6.07 Å². The summed E-state index contributed by atoms with van der Waals surface area (Å²) < 4.78 is 31.3. The van der Waals surface area contributed by atoms with Gasteiger partial charge in [0.15, 0.2) is 11.6 Å². The van der Waals surface area contributed by atoms with Gasteiger partial charge in [-0.3, -0.25) is 0 Å². The van der Waals surface area contributed by atoms with Gasteiger partial charge in [0.2, 0.25) is 0 Å². The molecule has 0 heterocycles. The Bertz CT molecular complexity index is 378. The first-order valence-electron chi connectivity index (χ1n) is 5.16. The van der Waals surface area contributed by atoms with Gasteiger partial charge in [-0.25, -0.2) is 8.78 Å². The summed E-state index contributed by atoms with van der Waals surface area (Å²) in [5.41, 5.74) is 5.80. The van der Waals surface area contributed by atoms with Crippen molar-refractivity contribution in [2.75, 3.05) is 13.7 Å². The quantitative estimate of drug-likeness (QED) is 0.861. The number of hydrogen-bond acceptors (Lipinski definition) is 2. The highest BCUT2D eigenvalue weighted by Gasteiger charge is 2.25. The third-order valence-electron chi connectivity index (χ3n) is 2.74. The summed E-state index contributed by atoms with van der Waals surface area (Å²) in [5.74, 6) is -1.40. The Hall–Kier alpha value is -1.16. The zero-order chi connectivity index (χ0) is 12.3. The number of rotatable bonds is 4. The molecule has 0 aliphatic carbocycles. The van der Waals surface area contributed by atoms with Crippen LogP contribution in [0.5, 0.6) is 5.75 Å². The number of halogens is 2. The van der Waals surface area contributed by atoms with E-state index in [2.05, 4.69) is 0 Å². The molecule has 0 amide bonds. The van der Waals surface area contributed by atoms with Gasteiger partial charge in [-0.1, -0.05) is 13.8 Å². The highest BCUT2D eigenvalue weighted by atomic mass is 19.2. The monoisotopic (exact) mass is 229 g/mol. The summed E-state index contributed by atoms with van der Waals surface area (Å²) >= 11 is 0. The molecule has 1 rings (SSSR count). The molecule has 0 aliphatic heterocycles. The van der Waals surface area contributed by atoms with Crippen LogP contribution in [0.25, 0.3) is 0 Å². The average molecular weight is 229 g/mol. The summed E-state index contributed by atoms with van der Waals surface area (Å²) in [7, 11) is 1.44. The highest BCUT2D eigenvalue weighted by molar-refractivity contribution is 5.40. The molecule has 16 heavy (non-hydrogen) atoms. The lowest BCUT2D eigenvalue weighted by Crippen LogP contribution is -2.23. The van der Waals surface area contributed by atoms with Gasteiger partial charge in [0, 0.05) is 11.6 Å².